The van der Waals surface area contributed by atoms with Gasteiger partial charge < -0.3 is 61.6 Å². The molecule has 0 aromatic carbocycles. The minimum atomic E-state index is -0.409. The number of esters is 2. The average Bonchev–Trinajstić information content (AvgIpc) is 3.23. The highest BCUT2D eigenvalue weighted by molar-refractivity contribution is 5.70. The summed E-state index contributed by atoms with van der Waals surface area (Å²) in [5, 5.41) is 0. The van der Waals surface area contributed by atoms with Crippen molar-refractivity contribution in [3.05, 3.63) is 0 Å². The summed E-state index contributed by atoms with van der Waals surface area (Å²) in [6.07, 6.45) is 20.2. The van der Waals surface area contributed by atoms with Gasteiger partial charge in [0.25, 0.3) is 0 Å². The van der Waals surface area contributed by atoms with Crippen molar-refractivity contribution in [3.63, 3.8) is 0 Å². The third-order valence-corrected chi connectivity index (χ3v) is 8.64. The quantitative estimate of drug-likeness (QED) is 0.0508. The van der Waals surface area contributed by atoms with Crippen LogP contribution in [0, 0.1) is 0 Å². The van der Waals surface area contributed by atoms with E-state index in [-0.39, 0.29) is 19.2 Å². The van der Waals surface area contributed by atoms with Gasteiger partial charge in [0.1, 0.15) is 13.2 Å². The molecule has 15 nitrogen and oxygen atoms in total. The monoisotopic (exact) mass is 841 g/mol. The predicted molar refractivity (Wildman–Crippen MR) is 222 cm³/mol. The molecule has 0 heterocycles. The van der Waals surface area contributed by atoms with Gasteiger partial charge >= 0.3 is 11.9 Å². The van der Waals surface area contributed by atoms with Gasteiger partial charge in [0.15, 0.2) is 0 Å². The van der Waals surface area contributed by atoms with E-state index < -0.39 is 5.97 Å². The molecular formula is C43H84O15. The van der Waals surface area contributed by atoms with Crippen molar-refractivity contribution < 1.29 is 71.2 Å². The van der Waals surface area contributed by atoms with Gasteiger partial charge in [-0.1, -0.05) is 96.8 Å². The first-order valence-corrected chi connectivity index (χ1v) is 22.3. The summed E-state index contributed by atoms with van der Waals surface area (Å²) in [5.41, 5.74) is 0. The molecule has 0 N–H and O–H groups in total. The van der Waals surface area contributed by atoms with Crippen LogP contribution in [0.3, 0.4) is 0 Å². The van der Waals surface area contributed by atoms with Crippen LogP contribution < -0.4 is 0 Å². The zero-order valence-corrected chi connectivity index (χ0v) is 36.7. The molecule has 0 unspecified atom stereocenters. The Hall–Kier alpha value is -1.50. The number of carbonyl (C=O) groups excluding carboxylic acids is 2. The van der Waals surface area contributed by atoms with Crippen LogP contribution in [0.15, 0.2) is 0 Å². The first-order chi connectivity index (χ1) is 28.7. The first kappa shape index (κ1) is 56.5. The van der Waals surface area contributed by atoms with Gasteiger partial charge in [-0.05, 0) is 6.42 Å². The summed E-state index contributed by atoms with van der Waals surface area (Å²) in [6.45, 7) is 12.2. The van der Waals surface area contributed by atoms with Crippen LogP contribution in [-0.2, 0) is 71.2 Å². The number of hydrogen-bond acceptors (Lipinski definition) is 15. The Balaban J connectivity index is 3.13. The highest BCUT2D eigenvalue weighted by atomic mass is 16.6. The lowest BCUT2D eigenvalue weighted by atomic mass is 10.0. The summed E-state index contributed by atoms with van der Waals surface area (Å²) >= 11 is 0. The van der Waals surface area contributed by atoms with Gasteiger partial charge in [-0.25, -0.2) is 4.79 Å². The van der Waals surface area contributed by atoms with E-state index in [0.717, 1.165) is 12.8 Å². The summed E-state index contributed by atoms with van der Waals surface area (Å²) < 4.78 is 69.4. The Morgan fingerprint density at radius 2 is 0.534 bits per heavy atom. The number of methoxy groups -OCH3 is 1. The van der Waals surface area contributed by atoms with E-state index in [0.29, 0.717) is 145 Å². The molecule has 0 aromatic heterocycles. The van der Waals surface area contributed by atoms with Gasteiger partial charge in [0.2, 0.25) is 0 Å². The van der Waals surface area contributed by atoms with Gasteiger partial charge in [0.05, 0.1) is 146 Å². The fraction of sp³-hybridized carbons (Fsp3) is 0.953. The average molecular weight is 841 g/mol. The number of carbonyl (C=O) groups is 2. The van der Waals surface area contributed by atoms with Crippen molar-refractivity contribution in [3.8, 4) is 0 Å². The Kier molecular flexibility index (Phi) is 50.3. The van der Waals surface area contributed by atoms with Crippen LogP contribution in [0.25, 0.3) is 0 Å². The van der Waals surface area contributed by atoms with Gasteiger partial charge in [0, 0.05) is 6.42 Å². The molecule has 0 fully saturated rings. The van der Waals surface area contributed by atoms with Crippen molar-refractivity contribution in [1.82, 2.24) is 0 Å². The van der Waals surface area contributed by atoms with Gasteiger partial charge in [-0.3, -0.25) is 4.79 Å². The first-order valence-electron chi connectivity index (χ1n) is 22.3. The lowest BCUT2D eigenvalue weighted by Crippen LogP contribution is -2.16. The lowest BCUT2D eigenvalue weighted by Gasteiger charge is -2.09. The number of unbranched alkanes of at least 4 members (excludes halogenated alkanes) is 14. The van der Waals surface area contributed by atoms with E-state index in [4.69, 9.17) is 56.8 Å². The molecule has 0 aliphatic carbocycles. The second kappa shape index (κ2) is 51.6. The highest BCUT2D eigenvalue weighted by Gasteiger charge is 2.03. The molecule has 0 rings (SSSR count). The van der Waals surface area contributed by atoms with E-state index in [2.05, 4.69) is 11.7 Å². The largest absolute Gasteiger partial charge is 0.467 e. The standard InChI is InChI=1S/C43H84O15/c1-3-4-5-6-7-8-9-10-11-12-13-14-15-16-17-18-42(44)58-40-39-56-36-35-54-32-31-52-28-27-50-24-23-48-20-19-47-21-22-49-25-26-51-29-30-53-33-34-55-37-38-57-41-43(45)46-2/h3-41H2,1-2H3. The number of rotatable bonds is 51. The number of hydrogen-bond donors (Lipinski definition) is 0. The maximum atomic E-state index is 11.9. The summed E-state index contributed by atoms with van der Waals surface area (Å²) in [5.74, 6) is -0.544. The minimum absolute atomic E-state index is 0.0732. The SMILES string of the molecule is CCCCCCCCCCCCCCCCCC(=O)OCCOCCOCCOCCOCCOCCOCCOCCOCCOCCOCCOCC(=O)OC. The maximum absolute atomic E-state index is 11.9. The third-order valence-electron chi connectivity index (χ3n) is 8.64. The zero-order chi connectivity index (χ0) is 41.9. The Morgan fingerprint density at radius 3 is 0.810 bits per heavy atom. The fourth-order valence-corrected chi connectivity index (χ4v) is 5.34. The third kappa shape index (κ3) is 50.6. The molecule has 346 valence electrons. The Bertz CT molecular complexity index is 808. The van der Waals surface area contributed by atoms with Crippen LogP contribution in [0.1, 0.15) is 110 Å². The van der Waals surface area contributed by atoms with E-state index in [1.807, 2.05) is 0 Å². The molecule has 0 saturated heterocycles. The Morgan fingerprint density at radius 1 is 0.293 bits per heavy atom. The van der Waals surface area contributed by atoms with Crippen molar-refractivity contribution >= 4 is 11.9 Å². The topological polar surface area (TPSA) is 154 Å². The number of ether oxygens (including phenoxy) is 13. The second-order valence-corrected chi connectivity index (χ2v) is 13.7. The van der Waals surface area contributed by atoms with Crippen LogP contribution >= 0.6 is 0 Å². The molecule has 58 heavy (non-hydrogen) atoms. The molecule has 0 aromatic rings. The lowest BCUT2D eigenvalue weighted by molar-refractivity contribution is -0.146. The Labute approximate surface area is 351 Å². The molecule has 0 amide bonds. The normalized spacial score (nSPS) is 11.4. The fourth-order valence-electron chi connectivity index (χ4n) is 5.34. The molecule has 0 radical (unpaired) electrons. The molecule has 0 spiro atoms. The smallest absolute Gasteiger partial charge is 0.331 e. The van der Waals surface area contributed by atoms with Gasteiger partial charge in [-0.15, -0.1) is 0 Å². The van der Waals surface area contributed by atoms with Crippen LogP contribution in [0.4, 0.5) is 0 Å². The maximum Gasteiger partial charge on any atom is 0.331 e. The summed E-state index contributed by atoms with van der Waals surface area (Å²) in [4.78, 5) is 22.8. The van der Waals surface area contributed by atoms with E-state index >= 15 is 0 Å². The highest BCUT2D eigenvalue weighted by Crippen LogP contribution is 2.14. The van der Waals surface area contributed by atoms with Crippen LogP contribution in [0.5, 0.6) is 0 Å². The molecule has 0 bridgehead atoms. The van der Waals surface area contributed by atoms with E-state index in [9.17, 15) is 9.59 Å². The van der Waals surface area contributed by atoms with Gasteiger partial charge in [-0.2, -0.15) is 0 Å². The van der Waals surface area contributed by atoms with Crippen LogP contribution in [-0.4, -0.2) is 171 Å². The van der Waals surface area contributed by atoms with Crippen molar-refractivity contribution in [2.24, 2.45) is 0 Å². The van der Waals surface area contributed by atoms with Crippen LogP contribution in [0.2, 0.25) is 0 Å². The zero-order valence-electron chi connectivity index (χ0n) is 36.7. The van der Waals surface area contributed by atoms with E-state index in [1.54, 1.807) is 0 Å². The summed E-state index contributed by atoms with van der Waals surface area (Å²) in [7, 11) is 1.32. The second-order valence-electron chi connectivity index (χ2n) is 13.7. The molecule has 15 heteroatoms. The van der Waals surface area contributed by atoms with Crippen molar-refractivity contribution in [2.45, 2.75) is 110 Å². The molecule has 0 atom stereocenters. The summed E-state index contributed by atoms with van der Waals surface area (Å²) in [6, 6.07) is 0. The molecule has 0 aliphatic rings. The molecular weight excluding hydrogens is 756 g/mol. The van der Waals surface area contributed by atoms with Crippen molar-refractivity contribution in [2.75, 3.05) is 159 Å². The van der Waals surface area contributed by atoms with Crippen molar-refractivity contribution in [1.29, 1.82) is 0 Å². The minimum Gasteiger partial charge on any atom is -0.467 e. The molecule has 0 saturated carbocycles. The van der Waals surface area contributed by atoms with E-state index in [1.165, 1.54) is 90.6 Å². The predicted octanol–water partition coefficient (Wildman–Crippen LogP) is 6.15. The molecule has 0 aliphatic heterocycles.